The number of fused-ring (bicyclic) bond motifs is 1. The molecule has 2 aromatic rings. The van der Waals surface area contributed by atoms with E-state index in [1.54, 1.807) is 7.11 Å². The molecule has 1 aromatic carbocycles. The summed E-state index contributed by atoms with van der Waals surface area (Å²) in [7, 11) is 1.73. The van der Waals surface area contributed by atoms with Crippen molar-refractivity contribution >= 4 is 16.8 Å². The number of rotatable bonds is 3. The second-order valence-electron chi connectivity index (χ2n) is 5.12. The van der Waals surface area contributed by atoms with E-state index in [2.05, 4.69) is 10.3 Å². The lowest BCUT2D eigenvalue weighted by Crippen LogP contribution is -2.33. The molecule has 1 fully saturated rings. The third kappa shape index (κ3) is 2.49. The third-order valence-electron chi connectivity index (χ3n) is 3.87. The fraction of sp³-hybridized carbons (Fsp3) is 0.400. The first-order valence-corrected chi connectivity index (χ1v) is 6.67. The maximum Gasteiger partial charge on any atom is 0.251 e. The summed E-state index contributed by atoms with van der Waals surface area (Å²) >= 11 is 0. The van der Waals surface area contributed by atoms with Gasteiger partial charge in [0.1, 0.15) is 0 Å². The largest absolute Gasteiger partial charge is 0.381 e. The van der Waals surface area contributed by atoms with Gasteiger partial charge in [-0.25, -0.2) is 0 Å². The summed E-state index contributed by atoms with van der Waals surface area (Å²) in [6.45, 7) is 0. The van der Waals surface area contributed by atoms with Gasteiger partial charge in [-0.2, -0.15) is 0 Å². The molecular weight excluding hydrogens is 240 g/mol. The first-order valence-electron chi connectivity index (χ1n) is 6.67. The summed E-state index contributed by atoms with van der Waals surface area (Å²) in [6, 6.07) is 7.96. The molecule has 4 heteroatoms. The fourth-order valence-electron chi connectivity index (χ4n) is 2.74. The van der Waals surface area contributed by atoms with Gasteiger partial charge < -0.3 is 15.0 Å². The van der Waals surface area contributed by atoms with E-state index in [-0.39, 0.29) is 18.1 Å². The number of hydrogen-bond donors (Lipinski definition) is 2. The predicted molar refractivity (Wildman–Crippen MR) is 74.2 cm³/mol. The zero-order valence-electron chi connectivity index (χ0n) is 11.0. The number of aromatic nitrogens is 1. The Morgan fingerprint density at radius 1 is 1.37 bits per heavy atom. The minimum Gasteiger partial charge on any atom is -0.381 e. The van der Waals surface area contributed by atoms with E-state index in [9.17, 15) is 4.79 Å². The summed E-state index contributed by atoms with van der Waals surface area (Å²) in [5.74, 6) is -0.00162. The molecule has 19 heavy (non-hydrogen) atoms. The van der Waals surface area contributed by atoms with E-state index < -0.39 is 0 Å². The highest BCUT2D eigenvalue weighted by Crippen LogP contribution is 2.22. The summed E-state index contributed by atoms with van der Waals surface area (Å²) in [6.07, 6.45) is 5.10. The van der Waals surface area contributed by atoms with Crippen molar-refractivity contribution in [3.05, 3.63) is 36.0 Å². The Labute approximate surface area is 112 Å². The fourth-order valence-corrected chi connectivity index (χ4v) is 2.74. The van der Waals surface area contributed by atoms with Crippen molar-refractivity contribution in [2.75, 3.05) is 7.11 Å². The molecule has 0 spiro atoms. The minimum absolute atomic E-state index is 0.00162. The number of aromatic amines is 1. The second-order valence-corrected chi connectivity index (χ2v) is 5.12. The molecule has 1 aliphatic carbocycles. The maximum atomic E-state index is 12.2. The lowest BCUT2D eigenvalue weighted by Gasteiger charge is -2.13. The van der Waals surface area contributed by atoms with Crippen LogP contribution in [-0.4, -0.2) is 30.1 Å². The standard InChI is InChI=1S/C15H18N2O2/c1-19-13-5-4-12(9-13)17-15(18)11-3-2-10-6-7-16-14(10)8-11/h2-3,6-8,12-13,16H,4-5,9H2,1H3,(H,17,18). The summed E-state index contributed by atoms with van der Waals surface area (Å²) in [4.78, 5) is 15.3. The molecule has 100 valence electrons. The van der Waals surface area contributed by atoms with Gasteiger partial charge in [0.2, 0.25) is 0 Å². The van der Waals surface area contributed by atoms with Gasteiger partial charge >= 0.3 is 0 Å². The van der Waals surface area contributed by atoms with Crippen molar-refractivity contribution in [3.63, 3.8) is 0 Å². The average molecular weight is 258 g/mol. The molecule has 1 amide bonds. The van der Waals surface area contributed by atoms with Gasteiger partial charge in [-0.15, -0.1) is 0 Å². The Morgan fingerprint density at radius 2 is 2.26 bits per heavy atom. The number of carbonyl (C=O) groups is 1. The first kappa shape index (κ1) is 12.2. The van der Waals surface area contributed by atoms with Crippen LogP contribution in [0.2, 0.25) is 0 Å². The topological polar surface area (TPSA) is 54.1 Å². The summed E-state index contributed by atoms with van der Waals surface area (Å²) < 4.78 is 5.32. The molecule has 2 unspecified atom stereocenters. The highest BCUT2D eigenvalue weighted by molar-refractivity contribution is 5.98. The molecule has 0 bridgehead atoms. The Morgan fingerprint density at radius 3 is 3.05 bits per heavy atom. The lowest BCUT2D eigenvalue weighted by atomic mass is 10.1. The summed E-state index contributed by atoms with van der Waals surface area (Å²) in [5, 5.41) is 4.21. The van der Waals surface area contributed by atoms with E-state index in [0.717, 1.165) is 30.2 Å². The predicted octanol–water partition coefficient (Wildman–Crippen LogP) is 2.47. The Bertz CT molecular complexity index is 591. The van der Waals surface area contributed by atoms with Gasteiger partial charge in [-0.3, -0.25) is 4.79 Å². The van der Waals surface area contributed by atoms with E-state index in [0.29, 0.717) is 5.56 Å². The Hall–Kier alpha value is -1.81. The van der Waals surface area contributed by atoms with E-state index in [4.69, 9.17) is 4.74 Å². The molecule has 1 saturated carbocycles. The molecule has 1 heterocycles. The molecule has 0 saturated heterocycles. The molecule has 4 nitrogen and oxygen atoms in total. The van der Waals surface area contributed by atoms with Crippen LogP contribution in [0.5, 0.6) is 0 Å². The minimum atomic E-state index is -0.00162. The van der Waals surface area contributed by atoms with Crippen LogP contribution in [0, 0.1) is 0 Å². The van der Waals surface area contributed by atoms with Crippen LogP contribution < -0.4 is 5.32 Å². The molecular formula is C15H18N2O2. The maximum absolute atomic E-state index is 12.2. The Balaban J connectivity index is 1.69. The van der Waals surface area contributed by atoms with Crippen LogP contribution in [-0.2, 0) is 4.74 Å². The van der Waals surface area contributed by atoms with Gasteiger partial charge in [0.15, 0.2) is 0 Å². The van der Waals surface area contributed by atoms with Crippen LogP contribution >= 0.6 is 0 Å². The highest BCUT2D eigenvalue weighted by atomic mass is 16.5. The van der Waals surface area contributed by atoms with Crippen molar-refractivity contribution in [1.29, 1.82) is 0 Å². The van der Waals surface area contributed by atoms with Crippen LogP contribution in [0.15, 0.2) is 30.5 Å². The highest BCUT2D eigenvalue weighted by Gasteiger charge is 2.25. The molecule has 2 N–H and O–H groups in total. The molecule has 2 atom stereocenters. The smallest absolute Gasteiger partial charge is 0.251 e. The number of carbonyl (C=O) groups excluding carboxylic acids is 1. The van der Waals surface area contributed by atoms with Crippen LogP contribution in [0.4, 0.5) is 0 Å². The number of amides is 1. The van der Waals surface area contributed by atoms with Crippen molar-refractivity contribution in [2.45, 2.75) is 31.4 Å². The van der Waals surface area contributed by atoms with E-state index in [1.807, 2.05) is 30.5 Å². The van der Waals surface area contributed by atoms with Gasteiger partial charge in [0.05, 0.1) is 6.10 Å². The molecule has 3 rings (SSSR count). The van der Waals surface area contributed by atoms with Crippen molar-refractivity contribution in [1.82, 2.24) is 10.3 Å². The number of hydrogen-bond acceptors (Lipinski definition) is 2. The molecule has 0 radical (unpaired) electrons. The number of ether oxygens (including phenoxy) is 1. The van der Waals surface area contributed by atoms with E-state index in [1.165, 1.54) is 0 Å². The Kier molecular flexibility index (Phi) is 3.25. The number of H-pyrrole nitrogens is 1. The van der Waals surface area contributed by atoms with Crippen molar-refractivity contribution in [3.8, 4) is 0 Å². The monoisotopic (exact) mass is 258 g/mol. The number of methoxy groups -OCH3 is 1. The van der Waals surface area contributed by atoms with Gasteiger partial charge in [0.25, 0.3) is 5.91 Å². The van der Waals surface area contributed by atoms with Gasteiger partial charge in [0, 0.05) is 30.4 Å². The second kappa shape index (κ2) is 5.05. The zero-order chi connectivity index (χ0) is 13.2. The lowest BCUT2D eigenvalue weighted by molar-refractivity contribution is 0.0915. The van der Waals surface area contributed by atoms with Crippen molar-refractivity contribution in [2.24, 2.45) is 0 Å². The third-order valence-corrected chi connectivity index (χ3v) is 3.87. The summed E-state index contributed by atoms with van der Waals surface area (Å²) in [5.41, 5.74) is 1.70. The normalized spacial score (nSPS) is 22.8. The van der Waals surface area contributed by atoms with Gasteiger partial charge in [-0.1, -0.05) is 6.07 Å². The van der Waals surface area contributed by atoms with Crippen molar-refractivity contribution < 1.29 is 9.53 Å². The number of benzene rings is 1. The van der Waals surface area contributed by atoms with Crippen LogP contribution in [0.1, 0.15) is 29.6 Å². The molecule has 1 aliphatic rings. The quantitative estimate of drug-likeness (QED) is 0.888. The van der Waals surface area contributed by atoms with Crippen LogP contribution in [0.3, 0.4) is 0 Å². The zero-order valence-corrected chi connectivity index (χ0v) is 11.0. The molecule has 0 aliphatic heterocycles. The first-order chi connectivity index (χ1) is 9.26. The van der Waals surface area contributed by atoms with Gasteiger partial charge in [-0.05, 0) is 42.8 Å². The molecule has 1 aromatic heterocycles. The van der Waals surface area contributed by atoms with E-state index >= 15 is 0 Å². The SMILES string of the molecule is COC1CCC(NC(=O)c2ccc3cc[nH]c3c2)C1. The number of nitrogens with one attached hydrogen (secondary N) is 2. The average Bonchev–Trinajstić information content (AvgIpc) is 3.05. The van der Waals surface area contributed by atoms with Crippen LogP contribution in [0.25, 0.3) is 10.9 Å².